The van der Waals surface area contributed by atoms with E-state index in [0.29, 0.717) is 17.4 Å². The van der Waals surface area contributed by atoms with Crippen molar-refractivity contribution >= 4 is 0 Å². The van der Waals surface area contributed by atoms with Crippen molar-refractivity contribution in [3.05, 3.63) is 58.7 Å². The third-order valence-corrected chi connectivity index (χ3v) is 7.84. The number of benzene rings is 2. The molecule has 2 aromatic rings. The molecule has 0 unspecified atom stereocenters. The van der Waals surface area contributed by atoms with Gasteiger partial charge in [0, 0.05) is 5.92 Å². The number of phenolic OH excluding ortho intramolecular Hbond substituents is 2. The molecule has 36 heavy (non-hydrogen) atoms. The molecule has 2 rings (SSSR count). The lowest BCUT2D eigenvalue weighted by molar-refractivity contribution is 0.470. The maximum atomic E-state index is 9.98. The third-order valence-electron chi connectivity index (χ3n) is 7.84. The maximum absolute atomic E-state index is 9.98. The molecule has 0 bridgehead atoms. The van der Waals surface area contributed by atoms with E-state index in [1.54, 1.807) is 0 Å². The van der Waals surface area contributed by atoms with Gasteiger partial charge >= 0.3 is 0 Å². The number of hydrogen-bond donors (Lipinski definition) is 2. The van der Waals surface area contributed by atoms with Crippen LogP contribution in [0.2, 0.25) is 0 Å². The van der Waals surface area contributed by atoms with Crippen molar-refractivity contribution in [2.45, 2.75) is 142 Å². The van der Waals surface area contributed by atoms with Gasteiger partial charge in [-0.2, -0.15) is 0 Å². The lowest BCUT2D eigenvalue weighted by Crippen LogP contribution is -2.02. The highest BCUT2D eigenvalue weighted by Gasteiger charge is 2.16. The highest BCUT2D eigenvalue weighted by atomic mass is 16.3. The molecule has 2 heteroatoms. The normalized spacial score (nSPS) is 11.4. The first-order valence-electron chi connectivity index (χ1n) is 15.1. The van der Waals surface area contributed by atoms with Crippen LogP contribution >= 0.6 is 0 Å². The number of aromatic hydroxyl groups is 2. The molecule has 0 aromatic heterocycles. The molecule has 2 aromatic carbocycles. The molecule has 0 radical (unpaired) electrons. The van der Waals surface area contributed by atoms with Gasteiger partial charge in [-0.15, -0.1) is 0 Å². The summed E-state index contributed by atoms with van der Waals surface area (Å²) in [6.07, 6.45) is 24.8. The van der Waals surface area contributed by atoms with Crippen LogP contribution in [0.4, 0.5) is 0 Å². The van der Waals surface area contributed by atoms with Crippen LogP contribution < -0.4 is 0 Å². The van der Waals surface area contributed by atoms with Crippen molar-refractivity contribution in [2.75, 3.05) is 0 Å². The molecular weight excluding hydrogens is 440 g/mol. The average Bonchev–Trinajstić information content (AvgIpc) is 2.87. The quantitative estimate of drug-likeness (QED) is 0.180. The van der Waals surface area contributed by atoms with Crippen molar-refractivity contribution in [3.63, 3.8) is 0 Å². The predicted molar refractivity (Wildman–Crippen MR) is 156 cm³/mol. The van der Waals surface area contributed by atoms with Crippen molar-refractivity contribution in [2.24, 2.45) is 0 Å². The van der Waals surface area contributed by atoms with Gasteiger partial charge in [-0.05, 0) is 54.7 Å². The van der Waals surface area contributed by atoms with E-state index >= 15 is 0 Å². The summed E-state index contributed by atoms with van der Waals surface area (Å²) < 4.78 is 0. The van der Waals surface area contributed by atoms with E-state index in [9.17, 15) is 10.2 Å². The summed E-state index contributed by atoms with van der Waals surface area (Å²) in [5.74, 6) is 1.02. The molecule has 0 saturated heterocycles. The first-order chi connectivity index (χ1) is 17.5. The van der Waals surface area contributed by atoms with Gasteiger partial charge in [-0.25, -0.2) is 0 Å². The predicted octanol–water partition coefficient (Wildman–Crippen LogP) is 10.9. The number of aryl methyl sites for hydroxylation is 2. The molecule has 202 valence electrons. The fraction of sp³-hybridized carbons (Fsp3) is 0.647. The highest BCUT2D eigenvalue weighted by Crippen LogP contribution is 2.34. The molecule has 0 atom stereocenters. The van der Waals surface area contributed by atoms with E-state index in [0.717, 1.165) is 17.5 Å². The minimum absolute atomic E-state index is 0.306. The fourth-order valence-electron chi connectivity index (χ4n) is 5.39. The zero-order chi connectivity index (χ0) is 26.0. The third kappa shape index (κ3) is 11.8. The summed E-state index contributed by atoms with van der Waals surface area (Å²) >= 11 is 0. The number of unbranched alkanes of at least 4 members (excludes halogenated alkanes) is 16. The van der Waals surface area contributed by atoms with Crippen molar-refractivity contribution in [3.8, 4) is 11.5 Å². The van der Waals surface area contributed by atoms with Crippen LogP contribution in [0, 0.1) is 13.8 Å². The standard InChI is InChI=1S/C34H54O2/c1-4-5-6-7-8-9-10-11-12-13-14-15-16-17-18-19-20-21-32(30-22-24-33(35)28(2)26-30)31-23-25-34(36)29(3)27-31/h22-27,32,35-36H,4-21H2,1-3H3. The SMILES string of the molecule is CCCCCCCCCCCCCCCCCCCC(c1ccc(O)c(C)c1)c1ccc(O)c(C)c1. The molecule has 2 nitrogen and oxygen atoms in total. The van der Waals surface area contributed by atoms with Crippen LogP contribution in [-0.2, 0) is 0 Å². The van der Waals surface area contributed by atoms with E-state index in [2.05, 4.69) is 31.2 Å². The first kappa shape index (κ1) is 30.3. The number of phenols is 2. The van der Waals surface area contributed by atoms with E-state index in [1.165, 1.54) is 120 Å². The van der Waals surface area contributed by atoms with Crippen LogP contribution in [0.1, 0.15) is 151 Å². The van der Waals surface area contributed by atoms with Gasteiger partial charge in [0.2, 0.25) is 0 Å². The monoisotopic (exact) mass is 494 g/mol. The molecule has 2 N–H and O–H groups in total. The van der Waals surface area contributed by atoms with Crippen molar-refractivity contribution in [1.29, 1.82) is 0 Å². The zero-order valence-electron chi connectivity index (χ0n) is 23.7. The summed E-state index contributed by atoms with van der Waals surface area (Å²) in [4.78, 5) is 0. The second-order valence-electron chi connectivity index (χ2n) is 11.1. The second-order valence-corrected chi connectivity index (χ2v) is 11.1. The Morgan fingerprint density at radius 2 is 0.833 bits per heavy atom. The largest absolute Gasteiger partial charge is 0.508 e. The van der Waals surface area contributed by atoms with Crippen LogP contribution in [0.15, 0.2) is 36.4 Å². The summed E-state index contributed by atoms with van der Waals surface area (Å²) in [5.41, 5.74) is 4.37. The molecule has 0 aliphatic rings. The lowest BCUT2D eigenvalue weighted by Gasteiger charge is -2.20. The van der Waals surface area contributed by atoms with Crippen LogP contribution in [0.25, 0.3) is 0 Å². The van der Waals surface area contributed by atoms with Crippen molar-refractivity contribution in [1.82, 2.24) is 0 Å². The topological polar surface area (TPSA) is 40.5 Å². The second kappa shape index (κ2) is 18.3. The van der Waals surface area contributed by atoms with Gasteiger partial charge in [0.05, 0.1) is 0 Å². The van der Waals surface area contributed by atoms with E-state index < -0.39 is 0 Å². The summed E-state index contributed by atoms with van der Waals surface area (Å²) in [6, 6.07) is 12.0. The molecule has 0 heterocycles. The Morgan fingerprint density at radius 3 is 1.17 bits per heavy atom. The van der Waals surface area contributed by atoms with Gasteiger partial charge in [0.1, 0.15) is 11.5 Å². The minimum Gasteiger partial charge on any atom is -0.508 e. The van der Waals surface area contributed by atoms with E-state index in [1.807, 2.05) is 26.0 Å². The number of hydrogen-bond acceptors (Lipinski definition) is 2. The van der Waals surface area contributed by atoms with Gasteiger partial charge in [0.15, 0.2) is 0 Å². The van der Waals surface area contributed by atoms with Crippen molar-refractivity contribution < 1.29 is 10.2 Å². The van der Waals surface area contributed by atoms with Crippen LogP contribution in [0.3, 0.4) is 0 Å². The number of rotatable bonds is 20. The minimum atomic E-state index is 0.306. The van der Waals surface area contributed by atoms with Gasteiger partial charge < -0.3 is 10.2 Å². The summed E-state index contributed by atoms with van der Waals surface area (Å²) in [7, 11) is 0. The molecule has 0 saturated carbocycles. The fourth-order valence-corrected chi connectivity index (χ4v) is 5.39. The van der Waals surface area contributed by atoms with Gasteiger partial charge in [-0.3, -0.25) is 0 Å². The highest BCUT2D eigenvalue weighted by molar-refractivity contribution is 5.43. The average molecular weight is 495 g/mol. The molecule has 0 aliphatic heterocycles. The Bertz CT molecular complexity index is 790. The molecular formula is C34H54O2. The van der Waals surface area contributed by atoms with E-state index in [-0.39, 0.29) is 0 Å². The van der Waals surface area contributed by atoms with Crippen LogP contribution in [-0.4, -0.2) is 10.2 Å². The Labute approximate surface area is 222 Å². The van der Waals surface area contributed by atoms with Gasteiger partial charge in [0.25, 0.3) is 0 Å². The zero-order valence-corrected chi connectivity index (χ0v) is 23.7. The van der Waals surface area contributed by atoms with E-state index in [4.69, 9.17) is 0 Å². The maximum Gasteiger partial charge on any atom is 0.118 e. The summed E-state index contributed by atoms with van der Waals surface area (Å²) in [5, 5.41) is 20.0. The molecule has 0 aliphatic carbocycles. The molecule has 0 spiro atoms. The lowest BCUT2D eigenvalue weighted by atomic mass is 9.85. The Morgan fingerprint density at radius 1 is 0.500 bits per heavy atom. The Kier molecular flexibility index (Phi) is 15.4. The smallest absolute Gasteiger partial charge is 0.118 e. The summed E-state index contributed by atoms with van der Waals surface area (Å²) in [6.45, 7) is 6.22. The Hall–Kier alpha value is -1.96. The molecule has 0 amide bonds. The Balaban J connectivity index is 1.59. The van der Waals surface area contributed by atoms with Gasteiger partial charge in [-0.1, -0.05) is 140 Å². The molecule has 0 fully saturated rings. The first-order valence-corrected chi connectivity index (χ1v) is 15.1. The van der Waals surface area contributed by atoms with Crippen LogP contribution in [0.5, 0.6) is 11.5 Å².